The molecule has 0 unspecified atom stereocenters. The normalized spacial score (nSPS) is 11.0. The molecule has 3 aromatic heterocycles. The summed E-state index contributed by atoms with van der Waals surface area (Å²) in [4.78, 5) is 28.7. The Labute approximate surface area is 238 Å². The number of ether oxygens (including phenoxy) is 2. The average Bonchev–Trinajstić information content (AvgIpc) is 3.32. The monoisotopic (exact) mass is 607 g/mol. The highest BCUT2D eigenvalue weighted by molar-refractivity contribution is 7.79. The lowest BCUT2D eigenvalue weighted by Crippen LogP contribution is -2.24. The Kier molecular flexibility index (Phi) is 11.0. The minimum absolute atomic E-state index is 0.0427. The number of halogens is 2. The summed E-state index contributed by atoms with van der Waals surface area (Å²) in [6.45, 7) is 0.595. The first kappa shape index (κ1) is 32.0. The molecule has 0 bridgehead atoms. The summed E-state index contributed by atoms with van der Waals surface area (Å²) >= 11 is 0. The summed E-state index contributed by atoms with van der Waals surface area (Å²) in [6.07, 6.45) is 4.17. The van der Waals surface area contributed by atoms with E-state index in [0.717, 1.165) is 17.2 Å². The van der Waals surface area contributed by atoms with Crippen LogP contribution in [0.15, 0.2) is 65.8 Å². The number of nitrogens with one attached hydrogen (secondary N) is 1. The van der Waals surface area contributed by atoms with Crippen molar-refractivity contribution in [3.05, 3.63) is 111 Å². The van der Waals surface area contributed by atoms with Crippen LogP contribution in [0.3, 0.4) is 0 Å². The molecule has 0 fully saturated rings. The van der Waals surface area contributed by atoms with Crippen molar-refractivity contribution in [3.8, 4) is 5.75 Å². The maximum absolute atomic E-state index is 14.4. The topological polar surface area (TPSA) is 175 Å². The smallest absolute Gasteiger partial charge is 0.394 e. The molecule has 42 heavy (non-hydrogen) atoms. The summed E-state index contributed by atoms with van der Waals surface area (Å²) in [6, 6.07) is 11.1. The second kappa shape index (κ2) is 14.4. The number of methoxy groups -OCH3 is 2. The van der Waals surface area contributed by atoms with E-state index in [1.165, 1.54) is 43.3 Å². The summed E-state index contributed by atoms with van der Waals surface area (Å²) in [5.41, 5.74) is 2.22. The Morgan fingerprint density at radius 2 is 1.62 bits per heavy atom. The lowest BCUT2D eigenvalue weighted by atomic mass is 10.1. The zero-order chi connectivity index (χ0) is 30.9. The first-order valence-electron chi connectivity index (χ1n) is 12.0. The van der Waals surface area contributed by atoms with Crippen molar-refractivity contribution in [1.29, 1.82) is 0 Å². The number of rotatable bonds is 10. The number of hydrogen-bond acceptors (Lipinski definition) is 8. The Hall–Kier alpha value is -4.51. The van der Waals surface area contributed by atoms with E-state index in [0.29, 0.717) is 17.8 Å². The summed E-state index contributed by atoms with van der Waals surface area (Å²) in [5, 5.41) is 7.12. The van der Waals surface area contributed by atoms with E-state index in [1.54, 1.807) is 10.9 Å². The Balaban J connectivity index is 0.000000892. The van der Waals surface area contributed by atoms with Crippen molar-refractivity contribution in [2.24, 2.45) is 0 Å². The zero-order valence-electron chi connectivity index (χ0n) is 22.4. The van der Waals surface area contributed by atoms with E-state index in [1.807, 2.05) is 24.3 Å². The second-order valence-electron chi connectivity index (χ2n) is 8.65. The number of amides is 1. The van der Waals surface area contributed by atoms with Gasteiger partial charge in [0.2, 0.25) is 0 Å². The second-order valence-corrected chi connectivity index (χ2v) is 9.55. The SMILES string of the molecule is COCc1nn(Cc2ccc(Cn3cc(F)ccc3=O)cc2)cc1C(=O)NCc1nccc(OC)c1F.O=S(=O)(O)O. The van der Waals surface area contributed by atoms with Crippen LogP contribution >= 0.6 is 0 Å². The van der Waals surface area contributed by atoms with Gasteiger partial charge in [-0.15, -0.1) is 0 Å². The van der Waals surface area contributed by atoms with Gasteiger partial charge >= 0.3 is 10.4 Å². The Morgan fingerprint density at radius 3 is 2.24 bits per heavy atom. The van der Waals surface area contributed by atoms with Gasteiger partial charge in [-0.1, -0.05) is 24.3 Å². The molecular weight excluding hydrogens is 580 g/mol. The molecule has 0 spiro atoms. The van der Waals surface area contributed by atoms with Crippen LogP contribution in [0.2, 0.25) is 0 Å². The van der Waals surface area contributed by atoms with Crippen LogP contribution < -0.4 is 15.6 Å². The lowest BCUT2D eigenvalue weighted by molar-refractivity contribution is 0.0944. The van der Waals surface area contributed by atoms with Crippen LogP contribution in [0.1, 0.15) is 32.9 Å². The van der Waals surface area contributed by atoms with E-state index in [4.69, 9.17) is 27.0 Å². The van der Waals surface area contributed by atoms with Crippen LogP contribution in [0.4, 0.5) is 8.78 Å². The Morgan fingerprint density at radius 1 is 0.976 bits per heavy atom. The highest BCUT2D eigenvalue weighted by atomic mass is 32.3. The molecule has 3 N–H and O–H groups in total. The third-order valence-corrected chi connectivity index (χ3v) is 5.59. The highest BCUT2D eigenvalue weighted by Crippen LogP contribution is 2.18. The van der Waals surface area contributed by atoms with Crippen molar-refractivity contribution >= 4 is 16.3 Å². The fourth-order valence-electron chi connectivity index (χ4n) is 3.74. The van der Waals surface area contributed by atoms with Gasteiger partial charge in [0.15, 0.2) is 11.6 Å². The Bertz CT molecular complexity index is 1680. The third kappa shape index (κ3) is 9.55. The number of carbonyl (C=O) groups is 1. The standard InChI is InChI=1S/C26H25F2N5O4.H2O4S/c1-36-16-22-20(26(35)30-11-21-25(28)23(37-2)9-10-29-21)15-33(31-22)13-18-5-3-17(4-6-18)12-32-14-19(27)7-8-24(32)34;1-5(2,3)4/h3-10,14-15H,11-13,16H2,1-2H3,(H,30,35);(H2,1,2,3,4). The predicted octanol–water partition coefficient (Wildman–Crippen LogP) is 2.25. The van der Waals surface area contributed by atoms with Crippen molar-refractivity contribution in [1.82, 2.24) is 24.6 Å². The van der Waals surface area contributed by atoms with E-state index >= 15 is 0 Å². The molecule has 0 aliphatic carbocycles. The molecule has 4 aromatic rings. The molecule has 3 heterocycles. The number of nitrogens with zero attached hydrogens (tertiary/aromatic N) is 4. The number of hydrogen-bond donors (Lipinski definition) is 3. The van der Waals surface area contributed by atoms with E-state index in [2.05, 4.69) is 15.4 Å². The number of pyridine rings is 2. The molecule has 0 aliphatic heterocycles. The molecule has 16 heteroatoms. The van der Waals surface area contributed by atoms with Crippen LogP contribution in [-0.4, -0.2) is 57.0 Å². The maximum Gasteiger partial charge on any atom is 0.394 e. The fourth-order valence-corrected chi connectivity index (χ4v) is 3.74. The van der Waals surface area contributed by atoms with Crippen LogP contribution in [0, 0.1) is 11.6 Å². The van der Waals surface area contributed by atoms with Gasteiger partial charge in [-0.3, -0.25) is 28.4 Å². The first-order valence-corrected chi connectivity index (χ1v) is 13.4. The predicted molar refractivity (Wildman–Crippen MR) is 144 cm³/mol. The summed E-state index contributed by atoms with van der Waals surface area (Å²) in [7, 11) is -1.82. The first-order chi connectivity index (χ1) is 19.9. The molecule has 0 saturated carbocycles. The van der Waals surface area contributed by atoms with Crippen molar-refractivity contribution in [2.45, 2.75) is 26.2 Å². The van der Waals surface area contributed by atoms with Gasteiger partial charge in [-0.25, -0.2) is 8.78 Å². The van der Waals surface area contributed by atoms with E-state index in [-0.39, 0.29) is 36.7 Å². The van der Waals surface area contributed by atoms with Gasteiger partial charge in [0.25, 0.3) is 11.5 Å². The molecule has 4 rings (SSSR count). The van der Waals surface area contributed by atoms with Gasteiger partial charge in [0.1, 0.15) is 11.5 Å². The molecular formula is C26H27F2N5O8S. The number of carbonyl (C=O) groups excluding carboxylic acids is 1. The molecule has 0 radical (unpaired) electrons. The third-order valence-electron chi connectivity index (χ3n) is 5.59. The lowest BCUT2D eigenvalue weighted by Gasteiger charge is -2.08. The van der Waals surface area contributed by atoms with Gasteiger partial charge in [-0.2, -0.15) is 13.5 Å². The molecule has 0 aliphatic rings. The van der Waals surface area contributed by atoms with Crippen LogP contribution in [0.25, 0.3) is 0 Å². The molecule has 1 amide bonds. The van der Waals surface area contributed by atoms with Crippen LogP contribution in [0.5, 0.6) is 5.75 Å². The fraction of sp³-hybridized carbons (Fsp3) is 0.231. The molecule has 224 valence electrons. The summed E-state index contributed by atoms with van der Waals surface area (Å²) in [5.74, 6) is -1.52. The molecule has 0 saturated heterocycles. The van der Waals surface area contributed by atoms with Gasteiger partial charge in [0.05, 0.1) is 44.6 Å². The van der Waals surface area contributed by atoms with Crippen molar-refractivity contribution in [2.75, 3.05) is 14.2 Å². The maximum atomic E-state index is 14.4. The minimum atomic E-state index is -4.67. The van der Waals surface area contributed by atoms with Crippen LogP contribution in [-0.2, 0) is 41.4 Å². The van der Waals surface area contributed by atoms with Crippen molar-refractivity contribution < 1.29 is 40.6 Å². The highest BCUT2D eigenvalue weighted by Gasteiger charge is 2.18. The molecule has 0 atom stereocenters. The largest absolute Gasteiger partial charge is 0.494 e. The molecule has 1 aromatic carbocycles. The van der Waals surface area contributed by atoms with Gasteiger partial charge < -0.3 is 19.4 Å². The minimum Gasteiger partial charge on any atom is -0.494 e. The van der Waals surface area contributed by atoms with Gasteiger partial charge in [-0.05, 0) is 17.2 Å². The van der Waals surface area contributed by atoms with Gasteiger partial charge in [0, 0.05) is 37.8 Å². The quantitative estimate of drug-likeness (QED) is 0.227. The average molecular weight is 608 g/mol. The zero-order valence-corrected chi connectivity index (χ0v) is 23.2. The van der Waals surface area contributed by atoms with E-state index in [9.17, 15) is 18.4 Å². The van der Waals surface area contributed by atoms with Crippen molar-refractivity contribution in [3.63, 3.8) is 0 Å². The van der Waals surface area contributed by atoms with E-state index < -0.39 is 27.9 Å². The summed E-state index contributed by atoms with van der Waals surface area (Å²) < 4.78 is 72.4. The number of aromatic nitrogens is 4. The molecule has 13 nitrogen and oxygen atoms in total. The number of benzene rings is 1.